The average molecular weight is 1650 g/mol. The van der Waals surface area contributed by atoms with Crippen LogP contribution in [0.25, 0.3) is 30.6 Å². The van der Waals surface area contributed by atoms with Crippen molar-refractivity contribution in [1.29, 1.82) is 0 Å². The number of fused-ring (bicyclic) bond motifs is 3. The number of nitro benzene ring substituents is 3. The smallest absolute Gasteiger partial charge is 0.328 e. The lowest BCUT2D eigenvalue weighted by atomic mass is 9.68. The van der Waals surface area contributed by atoms with Crippen LogP contribution in [0.5, 0.6) is 0 Å². The lowest BCUT2D eigenvalue weighted by Gasteiger charge is -2.41. The highest BCUT2D eigenvalue weighted by molar-refractivity contribution is 7.88. The van der Waals surface area contributed by atoms with Crippen LogP contribution in [0.1, 0.15) is 82.4 Å². The molecule has 3 aliphatic heterocycles. The van der Waals surface area contributed by atoms with Crippen LogP contribution in [0.15, 0.2) is 234 Å². The molecule has 0 radical (unpaired) electrons. The lowest BCUT2D eigenvalue weighted by molar-refractivity contribution is -0.385. The zero-order chi connectivity index (χ0) is 79.6. The Labute approximate surface area is 665 Å². The Bertz CT molecular complexity index is 5090. The summed E-state index contributed by atoms with van der Waals surface area (Å²) < 4.78 is 33.9. The third kappa shape index (κ3) is 17.0. The van der Waals surface area contributed by atoms with Crippen LogP contribution in [0.4, 0.5) is 49.5 Å². The van der Waals surface area contributed by atoms with E-state index in [-0.39, 0.29) is 36.3 Å². The fourth-order valence-electron chi connectivity index (χ4n) is 12.1. The number of amidine groups is 3. The van der Waals surface area contributed by atoms with Crippen molar-refractivity contribution in [3.8, 4) is 0 Å². The number of hydrazine groups is 6. The van der Waals surface area contributed by atoms with Crippen molar-refractivity contribution in [2.45, 2.75) is 70.5 Å². The van der Waals surface area contributed by atoms with Gasteiger partial charge in [-0.2, -0.15) is 23.8 Å². The van der Waals surface area contributed by atoms with Gasteiger partial charge in [0.2, 0.25) is 20.1 Å². The van der Waals surface area contributed by atoms with Gasteiger partial charge in [-0.3, -0.25) is 60.8 Å². The number of nitrogens with one attached hydrogen (secondary N) is 3. The number of aliphatic carboxylic acids is 2. The minimum absolute atomic E-state index is 0.0170. The number of carboxylic acid groups (broad SMARTS) is 2. The van der Waals surface area contributed by atoms with Gasteiger partial charge in [-0.1, -0.05) is 152 Å². The van der Waals surface area contributed by atoms with Crippen molar-refractivity contribution >= 4 is 189 Å². The average Bonchev–Trinajstić information content (AvgIpc) is 1.08. The van der Waals surface area contributed by atoms with Crippen LogP contribution < -0.4 is 47.0 Å². The van der Waals surface area contributed by atoms with E-state index in [1.807, 2.05) is 116 Å². The maximum Gasteiger partial charge on any atom is 0.328 e. The fourth-order valence-corrected chi connectivity index (χ4v) is 16.7. The first-order valence-corrected chi connectivity index (χ1v) is 39.2. The van der Waals surface area contributed by atoms with Gasteiger partial charge >= 0.3 is 11.9 Å². The molecule has 112 heavy (non-hydrogen) atoms. The number of rotatable bonds is 23. The zero-order valence-corrected chi connectivity index (χ0v) is 64.7. The number of benzene rings is 9. The van der Waals surface area contributed by atoms with E-state index < -0.39 is 53.4 Å². The molecule has 6 heterocycles. The van der Waals surface area contributed by atoms with Gasteiger partial charge in [-0.05, 0) is 165 Å². The van der Waals surface area contributed by atoms with Gasteiger partial charge in [0.05, 0.1) is 67.9 Å². The maximum atomic E-state index is 11.9. The van der Waals surface area contributed by atoms with E-state index >= 15 is 0 Å². The Morgan fingerprint density at radius 1 is 0.438 bits per heavy atom. The number of hydrogen-bond donors (Lipinski definition) is 6. The molecule has 0 bridgehead atoms. The fraction of sp³-hybridized carbons (Fsp3) is 0.162. The summed E-state index contributed by atoms with van der Waals surface area (Å²) in [5.41, 5.74) is 14.9. The van der Waals surface area contributed by atoms with Gasteiger partial charge in [-0.25, -0.2) is 15.0 Å². The number of hydrazone groups is 3. The predicted octanol–water partition coefficient (Wildman–Crippen LogP) is 17.5. The Morgan fingerprint density at radius 3 is 0.973 bits per heavy atom. The van der Waals surface area contributed by atoms with Crippen LogP contribution in [-0.2, 0) is 19.7 Å². The second-order valence-corrected chi connectivity index (χ2v) is 30.7. The largest absolute Gasteiger partial charge is 0.481 e. The maximum absolute atomic E-state index is 11.9. The van der Waals surface area contributed by atoms with Crippen molar-refractivity contribution in [3.05, 3.63) is 280 Å². The van der Waals surface area contributed by atoms with E-state index in [1.165, 1.54) is 84.3 Å². The van der Waals surface area contributed by atoms with Crippen molar-refractivity contribution in [2.75, 3.05) is 30.7 Å². The first-order valence-electron chi connectivity index (χ1n) is 34.2. The molecule has 6 N–H and O–H groups in total. The van der Waals surface area contributed by atoms with Gasteiger partial charge in [0.1, 0.15) is 0 Å². The molecule has 9 aromatic carbocycles. The number of aromatic nitrogens is 3. The number of thiazole rings is 3. The van der Waals surface area contributed by atoms with Gasteiger partial charge in [0, 0.05) is 68.2 Å². The van der Waals surface area contributed by atoms with Crippen molar-refractivity contribution < 1.29 is 47.5 Å². The van der Waals surface area contributed by atoms with Gasteiger partial charge in [-0.15, -0.1) is 30.7 Å². The van der Waals surface area contributed by atoms with Crippen LogP contribution in [0.3, 0.4) is 0 Å². The first-order chi connectivity index (χ1) is 53.8. The number of nitrogens with zero attached hydrogens (tertiary/aromatic N) is 15. The van der Waals surface area contributed by atoms with Crippen molar-refractivity contribution in [2.24, 2.45) is 20.7 Å². The zero-order valence-electron chi connectivity index (χ0n) is 59.1. The summed E-state index contributed by atoms with van der Waals surface area (Å²) >= 11 is 22.5. The van der Waals surface area contributed by atoms with Crippen LogP contribution in [0.2, 0.25) is 15.1 Å². The minimum atomic E-state index is -5.12. The monoisotopic (exact) mass is 1650 g/mol. The second kappa shape index (κ2) is 34.4. The summed E-state index contributed by atoms with van der Waals surface area (Å²) in [7, 11) is -5.12. The Balaban J connectivity index is 0.000000140. The number of carboxylic acids is 2. The number of carbonyl (C=O) groups is 2. The van der Waals surface area contributed by atoms with Crippen molar-refractivity contribution in [3.63, 3.8) is 0 Å². The van der Waals surface area contributed by atoms with Crippen LogP contribution >= 0.6 is 68.8 Å². The first kappa shape index (κ1) is 79.3. The van der Waals surface area contributed by atoms with E-state index in [9.17, 15) is 63.1 Å². The summed E-state index contributed by atoms with van der Waals surface area (Å²) in [5, 5.41) is 80.1. The third-order valence-electron chi connectivity index (χ3n) is 18.0. The molecular weight excluding hydrogens is 1580 g/mol. The molecule has 0 spiro atoms. The number of hydrogen-bond acceptors (Lipinski definition) is 28. The standard InChI is InChI=1S/3C20H13ClN6O2S.C14H26O7S/c3*21-14-7-5-13(6-8-14)19-23-25(15-9-11-16(12-10-15)27(28)29)26(24-19)20-22-17-3-1-2-4-18(17)30-20;1-4-7-8-9-10-14(12(17)18,22(19,20)21)13(5-2,6-3)11(15)16/h3*1-12H,(H,23,24);4-10H2,1-3H3,(H,15,16)(H,17,18)(H,19,20,21). The third-order valence-corrected chi connectivity index (χ3v) is 23.4. The molecule has 38 heteroatoms. The van der Waals surface area contributed by atoms with E-state index in [2.05, 4.69) is 31.2 Å². The lowest BCUT2D eigenvalue weighted by Crippen LogP contribution is -2.62. The molecule has 1 atom stereocenters. The molecule has 31 nitrogen and oxygen atoms in total. The number of unbranched alkanes of at least 4 members (excludes halogenated alkanes) is 3. The molecule has 3 aromatic heterocycles. The number of anilines is 6. The number of halogens is 3. The summed E-state index contributed by atoms with van der Waals surface area (Å²) in [6, 6.07) is 64.1. The Kier molecular flexibility index (Phi) is 24.3. The Hall–Kier alpha value is -12.2. The topological polar surface area (TPSA) is 390 Å². The molecule has 0 aliphatic carbocycles. The molecule has 15 rings (SSSR count). The number of para-hydroxylation sites is 3. The molecule has 574 valence electrons. The summed E-state index contributed by atoms with van der Waals surface area (Å²) in [6.45, 7) is 4.78. The minimum Gasteiger partial charge on any atom is -0.481 e. The highest BCUT2D eigenvalue weighted by atomic mass is 35.5. The molecule has 1 unspecified atom stereocenters. The van der Waals surface area contributed by atoms with Crippen LogP contribution in [0, 0.1) is 35.8 Å². The predicted molar refractivity (Wildman–Crippen MR) is 438 cm³/mol. The molecule has 3 aliphatic rings. The van der Waals surface area contributed by atoms with Gasteiger partial charge < -0.3 is 10.2 Å². The molecule has 0 amide bonds. The molecule has 0 saturated heterocycles. The number of non-ortho nitro benzene ring substituents is 3. The second-order valence-electron chi connectivity index (χ2n) is 24.7. The van der Waals surface area contributed by atoms with E-state index in [1.54, 1.807) is 104 Å². The van der Waals surface area contributed by atoms with Crippen LogP contribution in [-0.4, -0.2) is 87.1 Å². The molecular formula is C74H65Cl3N18O13S4. The Morgan fingerprint density at radius 2 is 0.732 bits per heavy atom. The van der Waals surface area contributed by atoms with Gasteiger partial charge in [0.15, 0.2) is 17.5 Å². The summed E-state index contributed by atoms with van der Waals surface area (Å²) in [4.78, 5) is 69.3. The highest BCUT2D eigenvalue weighted by Gasteiger charge is 2.67. The van der Waals surface area contributed by atoms with Crippen molar-refractivity contribution in [1.82, 2.24) is 31.2 Å². The van der Waals surface area contributed by atoms with E-state index in [0.29, 0.717) is 71.5 Å². The molecule has 12 aromatic rings. The van der Waals surface area contributed by atoms with Gasteiger partial charge in [0.25, 0.3) is 27.2 Å². The molecule has 0 fully saturated rings. The van der Waals surface area contributed by atoms with E-state index in [0.717, 1.165) is 60.2 Å². The number of nitro groups is 3. The summed E-state index contributed by atoms with van der Waals surface area (Å²) in [5.74, 6) is -1.52. The SMILES string of the molecule is CCCCCCC(C(=O)O)(C(CC)(CC)C(=O)O)S(=O)(=O)O.O=[N+]([O-])c1ccc(N2NC(c3ccc(Cl)cc3)=NN2c2nc3ccccc3s2)cc1.O=[N+]([O-])c1ccc(N2NC(c3ccc(Cl)cc3)=NN2c2nc3ccccc3s2)cc1.O=[N+]([O-])c1ccc(N2NC(c3ccc(Cl)cc3)=NN2c2nc3ccccc3s2)cc1. The normalized spacial score (nSPS) is 13.8. The highest BCUT2D eigenvalue weighted by Crippen LogP contribution is 2.48. The van der Waals surface area contributed by atoms with E-state index in [4.69, 9.17) is 50.1 Å². The summed E-state index contributed by atoms with van der Waals surface area (Å²) in [6.07, 6.45) is 1.59. The molecule has 0 saturated carbocycles. The quantitative estimate of drug-likeness (QED) is 0.0150.